The number of rotatable bonds is 23. The highest BCUT2D eigenvalue weighted by Gasteiger charge is 2.24. The smallest absolute Gasteiger partial charge is 0.472 e. The van der Waals surface area contributed by atoms with E-state index >= 15 is 0 Å². The van der Waals surface area contributed by atoms with Gasteiger partial charge in [0.15, 0.2) is 0 Å². The van der Waals surface area contributed by atoms with Crippen LogP contribution in [0.2, 0.25) is 0 Å². The fraction of sp³-hybridized carbons (Fsp3) is 0.741. The van der Waals surface area contributed by atoms with E-state index in [0.717, 1.165) is 24.3 Å². The second-order valence-electron chi connectivity index (χ2n) is 9.45. The Labute approximate surface area is 212 Å². The predicted molar refractivity (Wildman–Crippen MR) is 141 cm³/mol. The van der Waals surface area contributed by atoms with Crippen LogP contribution in [-0.4, -0.2) is 44.1 Å². The number of unbranched alkanes of at least 4 members (excludes halogenated alkanes) is 9. The highest BCUT2D eigenvalue weighted by molar-refractivity contribution is 7.47. The van der Waals surface area contributed by atoms with Crippen LogP contribution < -0.4 is 10.1 Å². The van der Waals surface area contributed by atoms with E-state index in [9.17, 15) is 14.3 Å². The third kappa shape index (κ3) is 17.8. The summed E-state index contributed by atoms with van der Waals surface area (Å²) in [6.07, 6.45) is 13.9. The van der Waals surface area contributed by atoms with Gasteiger partial charge >= 0.3 is 7.82 Å². The van der Waals surface area contributed by atoms with Crippen molar-refractivity contribution in [2.75, 3.05) is 33.4 Å². The number of ether oxygens (including phenoxy) is 1. The van der Waals surface area contributed by atoms with Crippen molar-refractivity contribution in [1.29, 1.82) is 0 Å². The Balaban J connectivity index is 2.31. The molecule has 1 aromatic carbocycles. The Bertz CT molecular complexity index is 712. The van der Waals surface area contributed by atoms with E-state index in [1.165, 1.54) is 64.7 Å². The third-order valence-corrected chi connectivity index (χ3v) is 6.91. The molecule has 0 saturated carbocycles. The number of hydrogen-bond donors (Lipinski definition) is 2. The number of quaternary nitrogens is 1. The molecule has 0 fully saturated rings. The van der Waals surface area contributed by atoms with E-state index in [0.29, 0.717) is 13.0 Å². The summed E-state index contributed by atoms with van der Waals surface area (Å²) in [7, 11) is -2.26. The molecule has 0 aliphatic carbocycles. The van der Waals surface area contributed by atoms with Crippen molar-refractivity contribution in [1.82, 2.24) is 0 Å². The minimum Gasteiger partial charge on any atom is -0.494 e. The average molecular weight is 515 g/mol. The molecular formula is C27H49NO6P+. The first kappa shape index (κ1) is 31.8. The largest absolute Gasteiger partial charge is 0.494 e. The fourth-order valence-electron chi connectivity index (χ4n) is 3.95. The van der Waals surface area contributed by atoms with Gasteiger partial charge in [0.2, 0.25) is 0 Å². The maximum Gasteiger partial charge on any atom is 0.472 e. The number of benzene rings is 1. The first-order chi connectivity index (χ1) is 16.9. The molecule has 3 N–H and O–H groups in total. The molecule has 1 aromatic rings. The average Bonchev–Trinajstić information content (AvgIpc) is 2.82. The number of carbonyl (C=O) groups excluding carboxylic acids is 1. The number of ketones is 1. The van der Waals surface area contributed by atoms with Gasteiger partial charge in [0.05, 0.1) is 26.8 Å². The number of carbonyl (C=O) groups is 1. The second kappa shape index (κ2) is 19.9. The molecule has 8 heteroatoms. The maximum atomic E-state index is 12.0. The van der Waals surface area contributed by atoms with E-state index in [2.05, 4.69) is 6.92 Å². The van der Waals surface area contributed by atoms with Gasteiger partial charge in [0.25, 0.3) is 0 Å². The maximum absolute atomic E-state index is 12.0. The lowest BCUT2D eigenvalue weighted by Gasteiger charge is -2.18. The molecule has 0 amide bonds. The number of nitrogens with two attached hydrogens (primary N) is 1. The summed E-state index contributed by atoms with van der Waals surface area (Å²) in [4.78, 5) is 21.5. The molecule has 0 aliphatic rings. The number of likely N-dealkylation sites (N-methyl/N-ethyl adjacent to an activating group) is 1. The Morgan fingerprint density at radius 1 is 0.943 bits per heavy atom. The summed E-state index contributed by atoms with van der Waals surface area (Å²) in [5, 5.41) is 1.85. The number of Topliss-reactive ketones (excluding diaryl/α,β-unsaturated/α-hetero) is 1. The molecule has 2 atom stereocenters. The molecule has 0 radical (unpaired) electrons. The molecule has 0 aromatic heterocycles. The van der Waals surface area contributed by atoms with Crippen LogP contribution in [-0.2, 0) is 24.8 Å². The molecule has 7 nitrogen and oxygen atoms in total. The zero-order chi connectivity index (χ0) is 25.8. The van der Waals surface area contributed by atoms with Crippen LogP contribution in [0.3, 0.4) is 0 Å². The zero-order valence-electron chi connectivity index (χ0n) is 22.2. The summed E-state index contributed by atoms with van der Waals surface area (Å²) in [5.74, 6) is 0.655. The molecule has 0 heterocycles. The Morgan fingerprint density at radius 2 is 1.54 bits per heavy atom. The van der Waals surface area contributed by atoms with Crippen molar-refractivity contribution < 1.29 is 33.4 Å². The summed E-state index contributed by atoms with van der Waals surface area (Å²) in [6.45, 7) is 5.17. The Hall–Kier alpha value is -1.24. The monoisotopic (exact) mass is 514 g/mol. The molecule has 2 unspecified atom stereocenters. The van der Waals surface area contributed by atoms with Crippen molar-refractivity contribution in [2.24, 2.45) is 5.92 Å². The Kier molecular flexibility index (Phi) is 18.1. The van der Waals surface area contributed by atoms with Crippen molar-refractivity contribution in [3.8, 4) is 5.75 Å². The normalized spacial score (nSPS) is 13.9. The van der Waals surface area contributed by atoms with Gasteiger partial charge in [-0.2, -0.15) is 0 Å². The van der Waals surface area contributed by atoms with Crippen LogP contribution in [0.15, 0.2) is 24.3 Å². The van der Waals surface area contributed by atoms with Gasteiger partial charge in [-0.1, -0.05) is 76.8 Å². The minimum atomic E-state index is -4.11. The number of phosphoric ester groups is 1. The first-order valence-corrected chi connectivity index (χ1v) is 15.0. The highest BCUT2D eigenvalue weighted by atomic mass is 31.2. The predicted octanol–water partition coefficient (Wildman–Crippen LogP) is 5.45. The molecule has 1 rings (SSSR count). The lowest BCUT2D eigenvalue weighted by atomic mass is 9.95. The van der Waals surface area contributed by atoms with Gasteiger partial charge < -0.3 is 19.7 Å². The topological polar surface area (TPSA) is 98.7 Å². The number of phosphoric acid groups is 1. The van der Waals surface area contributed by atoms with Crippen LogP contribution >= 0.6 is 7.82 Å². The number of hydrogen-bond acceptors (Lipinski definition) is 5. The van der Waals surface area contributed by atoms with Crippen LogP contribution in [0.25, 0.3) is 0 Å². The quantitative estimate of drug-likeness (QED) is 0.149. The standard InChI is InChI=1S/C27H48NO6P/c1-4-5-6-7-8-9-10-11-12-13-19-32-27-16-14-25(15-17-27)22-26(21-24(2)29)23-34-35(30,31)33-20-18-28-3/h14-17,26,28H,4-13,18-23H2,1-3H3,(H,30,31)/p+1. The lowest BCUT2D eigenvalue weighted by molar-refractivity contribution is -0.627. The summed E-state index contributed by atoms with van der Waals surface area (Å²) in [5.41, 5.74) is 1.03. The summed E-state index contributed by atoms with van der Waals surface area (Å²) >= 11 is 0. The van der Waals surface area contributed by atoms with Crippen molar-refractivity contribution in [3.63, 3.8) is 0 Å². The van der Waals surface area contributed by atoms with Gasteiger partial charge in [-0.3, -0.25) is 9.05 Å². The summed E-state index contributed by atoms with van der Waals surface area (Å²) < 4.78 is 28.0. The molecule has 202 valence electrons. The van der Waals surface area contributed by atoms with Crippen molar-refractivity contribution >= 4 is 13.6 Å². The van der Waals surface area contributed by atoms with Gasteiger partial charge in [-0.05, 0) is 43.4 Å². The van der Waals surface area contributed by atoms with Gasteiger partial charge in [0.1, 0.15) is 18.1 Å². The van der Waals surface area contributed by atoms with Crippen LogP contribution in [0.1, 0.15) is 90.0 Å². The first-order valence-electron chi connectivity index (χ1n) is 13.5. The van der Waals surface area contributed by atoms with Crippen LogP contribution in [0.4, 0.5) is 0 Å². The van der Waals surface area contributed by atoms with Gasteiger partial charge in [0, 0.05) is 6.42 Å². The van der Waals surface area contributed by atoms with Crippen molar-refractivity contribution in [2.45, 2.75) is 90.9 Å². The van der Waals surface area contributed by atoms with E-state index in [1.54, 1.807) is 0 Å². The molecule has 0 saturated heterocycles. The molecule has 35 heavy (non-hydrogen) atoms. The lowest BCUT2D eigenvalue weighted by Crippen LogP contribution is -2.80. The van der Waals surface area contributed by atoms with Crippen LogP contribution in [0, 0.1) is 5.92 Å². The van der Waals surface area contributed by atoms with Crippen LogP contribution in [0.5, 0.6) is 5.75 Å². The molecule has 0 bridgehead atoms. The molecular weight excluding hydrogens is 465 g/mol. The molecule has 0 spiro atoms. The van der Waals surface area contributed by atoms with Gasteiger partial charge in [-0.15, -0.1) is 0 Å². The Morgan fingerprint density at radius 3 is 2.11 bits per heavy atom. The van der Waals surface area contributed by atoms with E-state index in [1.807, 2.05) is 36.6 Å². The van der Waals surface area contributed by atoms with E-state index in [4.69, 9.17) is 13.8 Å². The third-order valence-electron chi connectivity index (χ3n) is 5.92. The van der Waals surface area contributed by atoms with E-state index in [-0.39, 0.29) is 31.3 Å². The van der Waals surface area contributed by atoms with Crippen molar-refractivity contribution in [3.05, 3.63) is 29.8 Å². The van der Waals surface area contributed by atoms with E-state index < -0.39 is 7.82 Å². The van der Waals surface area contributed by atoms with Gasteiger partial charge in [-0.25, -0.2) is 4.57 Å². The minimum absolute atomic E-state index is 0.0137. The summed E-state index contributed by atoms with van der Waals surface area (Å²) in [6, 6.07) is 7.84. The second-order valence-corrected chi connectivity index (χ2v) is 10.9. The SMILES string of the molecule is CCCCCCCCCCCCOc1ccc(CC(COP(=O)(O)OCC[NH2+]C)CC(C)=O)cc1. The zero-order valence-corrected chi connectivity index (χ0v) is 23.1. The molecule has 0 aliphatic heterocycles. The fourth-order valence-corrected chi connectivity index (χ4v) is 4.76. The highest BCUT2D eigenvalue weighted by Crippen LogP contribution is 2.43.